The predicted molar refractivity (Wildman–Crippen MR) is 73.8 cm³/mol. The molecule has 17 heavy (non-hydrogen) atoms. The third kappa shape index (κ3) is 2.71. The van der Waals surface area contributed by atoms with Gasteiger partial charge in [0.25, 0.3) is 0 Å². The molecule has 2 N–H and O–H groups in total. The molecule has 1 aromatic carbocycles. The molecular formula is C16H25N. The first kappa shape index (κ1) is 12.6. The summed E-state index contributed by atoms with van der Waals surface area (Å²) in [5.74, 6) is 0.713. The average Bonchev–Trinajstić information content (AvgIpc) is 2.14. The molecule has 0 spiro atoms. The molecule has 1 aromatic rings. The van der Waals surface area contributed by atoms with Crippen molar-refractivity contribution in [1.82, 2.24) is 0 Å². The number of hydrogen-bond acceptors (Lipinski definition) is 1. The second-order valence-corrected chi connectivity index (χ2v) is 6.88. The zero-order valence-corrected chi connectivity index (χ0v) is 11.6. The Kier molecular flexibility index (Phi) is 3.07. The molecule has 1 saturated carbocycles. The number of rotatable bonds is 1. The summed E-state index contributed by atoms with van der Waals surface area (Å²) in [5, 5.41) is 0. The summed E-state index contributed by atoms with van der Waals surface area (Å²) < 4.78 is 0. The van der Waals surface area contributed by atoms with Crippen LogP contribution >= 0.6 is 0 Å². The molecule has 1 heteroatoms. The summed E-state index contributed by atoms with van der Waals surface area (Å²) in [5.41, 5.74) is 9.54. The first-order chi connectivity index (χ1) is 7.81. The van der Waals surface area contributed by atoms with E-state index in [2.05, 4.69) is 52.0 Å². The van der Waals surface area contributed by atoms with Gasteiger partial charge in [-0.15, -0.1) is 0 Å². The Morgan fingerprint density at radius 3 is 2.24 bits per heavy atom. The Bertz CT molecular complexity index is 390. The molecule has 0 saturated heterocycles. The highest BCUT2D eigenvalue weighted by Gasteiger charge is 2.41. The molecule has 1 fully saturated rings. The smallest absolute Gasteiger partial charge is 0.0417 e. The van der Waals surface area contributed by atoms with E-state index < -0.39 is 0 Å². The van der Waals surface area contributed by atoms with Gasteiger partial charge in [-0.05, 0) is 43.1 Å². The van der Waals surface area contributed by atoms with Crippen LogP contribution in [0.15, 0.2) is 24.3 Å². The van der Waals surface area contributed by atoms with E-state index in [9.17, 15) is 0 Å². The summed E-state index contributed by atoms with van der Waals surface area (Å²) in [6.07, 6.45) is 3.49. The molecule has 0 aromatic heterocycles. The lowest BCUT2D eigenvalue weighted by molar-refractivity contribution is 0.107. The van der Waals surface area contributed by atoms with Crippen LogP contribution in [0.3, 0.4) is 0 Å². The van der Waals surface area contributed by atoms with Crippen LogP contribution in [-0.4, -0.2) is 0 Å². The highest BCUT2D eigenvalue weighted by Crippen LogP contribution is 2.47. The molecule has 2 unspecified atom stereocenters. The molecule has 1 aliphatic carbocycles. The number of nitrogens with two attached hydrogens (primary N) is 1. The van der Waals surface area contributed by atoms with Gasteiger partial charge in [0.1, 0.15) is 0 Å². The van der Waals surface area contributed by atoms with Crippen LogP contribution in [0.4, 0.5) is 0 Å². The molecule has 0 bridgehead atoms. The van der Waals surface area contributed by atoms with E-state index >= 15 is 0 Å². The fourth-order valence-electron chi connectivity index (χ4n) is 3.74. The number of hydrogen-bond donors (Lipinski definition) is 1. The summed E-state index contributed by atoms with van der Waals surface area (Å²) in [7, 11) is 0. The molecule has 2 atom stereocenters. The maximum atomic E-state index is 6.70. The van der Waals surface area contributed by atoms with Gasteiger partial charge in [0.2, 0.25) is 0 Å². The van der Waals surface area contributed by atoms with Gasteiger partial charge in [0.15, 0.2) is 0 Å². The van der Waals surface area contributed by atoms with Crippen LogP contribution < -0.4 is 5.73 Å². The van der Waals surface area contributed by atoms with Crippen molar-refractivity contribution in [2.75, 3.05) is 0 Å². The van der Waals surface area contributed by atoms with Crippen LogP contribution in [0.25, 0.3) is 0 Å². The van der Waals surface area contributed by atoms with Gasteiger partial charge < -0.3 is 5.73 Å². The largest absolute Gasteiger partial charge is 0.321 e. The Hall–Kier alpha value is -0.820. The van der Waals surface area contributed by atoms with Crippen molar-refractivity contribution in [1.29, 1.82) is 0 Å². The van der Waals surface area contributed by atoms with Crippen molar-refractivity contribution in [2.24, 2.45) is 17.1 Å². The van der Waals surface area contributed by atoms with Crippen molar-refractivity contribution in [3.8, 4) is 0 Å². The van der Waals surface area contributed by atoms with Crippen LogP contribution in [0.5, 0.6) is 0 Å². The maximum Gasteiger partial charge on any atom is 0.0417 e. The van der Waals surface area contributed by atoms with E-state index in [0.29, 0.717) is 11.3 Å². The van der Waals surface area contributed by atoms with Gasteiger partial charge in [-0.1, -0.05) is 50.6 Å². The van der Waals surface area contributed by atoms with E-state index in [-0.39, 0.29) is 5.54 Å². The second kappa shape index (κ2) is 4.13. The lowest BCUT2D eigenvalue weighted by Crippen LogP contribution is -2.46. The quantitative estimate of drug-likeness (QED) is 0.777. The minimum atomic E-state index is -0.130. The normalized spacial score (nSPS) is 32.4. The summed E-state index contributed by atoms with van der Waals surface area (Å²) in [6, 6.07) is 8.78. The first-order valence-electron chi connectivity index (χ1n) is 6.67. The van der Waals surface area contributed by atoms with Gasteiger partial charge in [0.05, 0.1) is 0 Å². The Morgan fingerprint density at radius 2 is 1.71 bits per heavy atom. The molecular weight excluding hydrogens is 206 g/mol. The highest BCUT2D eigenvalue weighted by molar-refractivity contribution is 5.28. The number of benzene rings is 1. The molecule has 1 aliphatic rings. The zero-order chi connectivity index (χ0) is 12.7. The van der Waals surface area contributed by atoms with Crippen LogP contribution in [0.1, 0.15) is 51.2 Å². The Morgan fingerprint density at radius 1 is 1.12 bits per heavy atom. The summed E-state index contributed by atoms with van der Waals surface area (Å²) in [4.78, 5) is 0. The predicted octanol–water partition coefficient (Wildman–Crippen LogP) is 4.00. The van der Waals surface area contributed by atoms with Gasteiger partial charge in [-0.3, -0.25) is 0 Å². The van der Waals surface area contributed by atoms with E-state index in [1.165, 1.54) is 17.5 Å². The fourth-order valence-corrected chi connectivity index (χ4v) is 3.74. The van der Waals surface area contributed by atoms with E-state index in [1.54, 1.807) is 0 Å². The zero-order valence-electron chi connectivity index (χ0n) is 11.6. The molecule has 0 heterocycles. The van der Waals surface area contributed by atoms with Crippen LogP contribution in [-0.2, 0) is 5.54 Å². The van der Waals surface area contributed by atoms with Crippen molar-refractivity contribution in [3.63, 3.8) is 0 Å². The molecule has 0 radical (unpaired) electrons. The third-order valence-corrected chi connectivity index (χ3v) is 4.03. The average molecular weight is 231 g/mol. The van der Waals surface area contributed by atoms with Crippen LogP contribution in [0.2, 0.25) is 0 Å². The summed E-state index contributed by atoms with van der Waals surface area (Å²) in [6.45, 7) is 9.15. The topological polar surface area (TPSA) is 26.0 Å². The second-order valence-electron chi connectivity index (χ2n) is 6.88. The lowest BCUT2D eigenvalue weighted by Gasteiger charge is -2.46. The van der Waals surface area contributed by atoms with Crippen molar-refractivity contribution >= 4 is 0 Å². The van der Waals surface area contributed by atoms with Crippen LogP contribution in [0, 0.1) is 18.3 Å². The lowest BCUT2D eigenvalue weighted by atomic mass is 9.62. The molecule has 2 rings (SSSR count). The highest BCUT2D eigenvalue weighted by atomic mass is 14.8. The molecule has 0 aliphatic heterocycles. The van der Waals surface area contributed by atoms with Gasteiger partial charge >= 0.3 is 0 Å². The summed E-state index contributed by atoms with van der Waals surface area (Å²) >= 11 is 0. The van der Waals surface area contributed by atoms with Crippen molar-refractivity contribution in [2.45, 2.75) is 52.5 Å². The van der Waals surface area contributed by atoms with E-state index in [1.807, 2.05) is 0 Å². The molecule has 94 valence electrons. The van der Waals surface area contributed by atoms with Crippen molar-refractivity contribution < 1.29 is 0 Å². The Balaban J connectivity index is 2.31. The minimum Gasteiger partial charge on any atom is -0.321 e. The minimum absolute atomic E-state index is 0.130. The number of aryl methyl sites for hydroxylation is 1. The van der Waals surface area contributed by atoms with E-state index in [0.717, 1.165) is 12.8 Å². The van der Waals surface area contributed by atoms with Gasteiger partial charge in [-0.2, -0.15) is 0 Å². The SMILES string of the molecule is Cc1ccc(C2(N)CC(C)CC(C)(C)C2)cc1. The first-order valence-corrected chi connectivity index (χ1v) is 6.67. The molecule has 0 amide bonds. The van der Waals surface area contributed by atoms with E-state index in [4.69, 9.17) is 5.73 Å². The molecule has 1 nitrogen and oxygen atoms in total. The standard InChI is InChI=1S/C16H25N/c1-12-5-7-14(8-6-12)16(17)10-13(2)9-15(3,4)11-16/h5-8,13H,9-11,17H2,1-4H3. The van der Waals surface area contributed by atoms with Gasteiger partial charge in [-0.25, -0.2) is 0 Å². The van der Waals surface area contributed by atoms with Crippen molar-refractivity contribution in [3.05, 3.63) is 35.4 Å². The monoisotopic (exact) mass is 231 g/mol. The third-order valence-electron chi connectivity index (χ3n) is 4.03. The van der Waals surface area contributed by atoms with Gasteiger partial charge in [0, 0.05) is 5.54 Å². The Labute approximate surface area is 105 Å². The maximum absolute atomic E-state index is 6.70. The fraction of sp³-hybridized carbons (Fsp3) is 0.625.